The Labute approximate surface area is 95.9 Å². The lowest BCUT2D eigenvalue weighted by molar-refractivity contribution is 0.717. The summed E-state index contributed by atoms with van der Waals surface area (Å²) >= 11 is 0. The number of nitrogens with zero attached hydrogens (tertiary/aromatic N) is 2. The van der Waals surface area contributed by atoms with Gasteiger partial charge in [0.25, 0.3) is 0 Å². The van der Waals surface area contributed by atoms with Gasteiger partial charge < -0.3 is 10.3 Å². The highest BCUT2D eigenvalue weighted by Gasteiger charge is 2.03. The molecule has 0 radical (unpaired) electrons. The van der Waals surface area contributed by atoms with Crippen molar-refractivity contribution in [3.8, 4) is 0 Å². The number of aryl methyl sites for hydroxylation is 1. The molecule has 16 heavy (non-hydrogen) atoms. The molecule has 2 heterocycles. The van der Waals surface area contributed by atoms with Gasteiger partial charge in [0.1, 0.15) is 0 Å². The molecule has 0 aliphatic carbocycles. The second kappa shape index (κ2) is 4.94. The van der Waals surface area contributed by atoms with Gasteiger partial charge in [-0.15, -0.1) is 0 Å². The predicted molar refractivity (Wildman–Crippen MR) is 65.3 cm³/mol. The highest BCUT2D eigenvalue weighted by Crippen LogP contribution is 2.09. The van der Waals surface area contributed by atoms with Gasteiger partial charge in [0, 0.05) is 18.1 Å². The molecule has 0 saturated carbocycles. The minimum atomic E-state index is 0.686. The van der Waals surface area contributed by atoms with Crippen molar-refractivity contribution in [3.05, 3.63) is 53.6 Å². The van der Waals surface area contributed by atoms with Crippen LogP contribution >= 0.6 is 0 Å². The SMILES string of the molecule is Cc1cccnc1Cn1cccc1CCN. The van der Waals surface area contributed by atoms with Gasteiger partial charge in [-0.2, -0.15) is 0 Å². The fourth-order valence-corrected chi connectivity index (χ4v) is 1.82. The zero-order valence-corrected chi connectivity index (χ0v) is 9.56. The monoisotopic (exact) mass is 215 g/mol. The van der Waals surface area contributed by atoms with Crippen molar-refractivity contribution in [2.45, 2.75) is 19.9 Å². The summed E-state index contributed by atoms with van der Waals surface area (Å²) in [6, 6.07) is 8.23. The van der Waals surface area contributed by atoms with Crippen molar-refractivity contribution in [2.24, 2.45) is 5.73 Å². The predicted octanol–water partition coefficient (Wildman–Crippen LogP) is 1.74. The number of nitrogens with two attached hydrogens (primary N) is 1. The van der Waals surface area contributed by atoms with E-state index in [0.29, 0.717) is 6.54 Å². The van der Waals surface area contributed by atoms with Gasteiger partial charge in [0.15, 0.2) is 0 Å². The van der Waals surface area contributed by atoms with Crippen molar-refractivity contribution in [3.63, 3.8) is 0 Å². The summed E-state index contributed by atoms with van der Waals surface area (Å²) < 4.78 is 2.21. The first-order valence-electron chi connectivity index (χ1n) is 5.56. The molecule has 0 saturated heterocycles. The fourth-order valence-electron chi connectivity index (χ4n) is 1.82. The molecule has 2 aromatic rings. The van der Waals surface area contributed by atoms with Gasteiger partial charge in [0.2, 0.25) is 0 Å². The molecule has 2 N–H and O–H groups in total. The summed E-state index contributed by atoms with van der Waals surface area (Å²) in [7, 11) is 0. The lowest BCUT2D eigenvalue weighted by atomic mass is 10.2. The third-order valence-electron chi connectivity index (χ3n) is 2.76. The standard InChI is InChI=1S/C13H17N3/c1-11-4-2-8-15-13(11)10-16-9-3-5-12(16)6-7-14/h2-5,8-9H,6-7,10,14H2,1H3. The Balaban J connectivity index is 2.20. The van der Waals surface area contributed by atoms with Crippen LogP contribution in [0.1, 0.15) is 17.0 Å². The van der Waals surface area contributed by atoms with Gasteiger partial charge in [-0.05, 0) is 43.7 Å². The molecule has 3 nitrogen and oxygen atoms in total. The fraction of sp³-hybridized carbons (Fsp3) is 0.308. The van der Waals surface area contributed by atoms with Gasteiger partial charge in [-0.3, -0.25) is 4.98 Å². The molecule has 0 atom stereocenters. The van der Waals surface area contributed by atoms with Crippen LogP contribution in [0.25, 0.3) is 0 Å². The van der Waals surface area contributed by atoms with Crippen molar-refractivity contribution in [1.29, 1.82) is 0 Å². The Morgan fingerprint density at radius 2 is 2.19 bits per heavy atom. The number of rotatable bonds is 4. The van der Waals surface area contributed by atoms with Crippen LogP contribution in [0.4, 0.5) is 0 Å². The topological polar surface area (TPSA) is 43.8 Å². The molecule has 0 fully saturated rings. The summed E-state index contributed by atoms with van der Waals surface area (Å²) in [4.78, 5) is 4.40. The van der Waals surface area contributed by atoms with Crippen LogP contribution in [0.15, 0.2) is 36.7 Å². The minimum absolute atomic E-state index is 0.686. The summed E-state index contributed by atoms with van der Waals surface area (Å²) in [6.45, 7) is 3.61. The van der Waals surface area contributed by atoms with E-state index in [-0.39, 0.29) is 0 Å². The van der Waals surface area contributed by atoms with Gasteiger partial charge in [-0.1, -0.05) is 6.07 Å². The summed E-state index contributed by atoms with van der Waals surface area (Å²) in [6.07, 6.45) is 4.84. The maximum Gasteiger partial charge on any atom is 0.0648 e. The van der Waals surface area contributed by atoms with Crippen LogP contribution in [0.3, 0.4) is 0 Å². The maximum atomic E-state index is 5.58. The summed E-state index contributed by atoms with van der Waals surface area (Å²) in [5.74, 6) is 0. The third-order valence-corrected chi connectivity index (χ3v) is 2.76. The molecule has 3 heteroatoms. The van der Waals surface area contributed by atoms with Crippen molar-refractivity contribution in [2.75, 3.05) is 6.54 Å². The smallest absolute Gasteiger partial charge is 0.0648 e. The van der Waals surface area contributed by atoms with Crippen LogP contribution in [0.2, 0.25) is 0 Å². The van der Waals surface area contributed by atoms with Gasteiger partial charge >= 0.3 is 0 Å². The van der Waals surface area contributed by atoms with Crippen molar-refractivity contribution >= 4 is 0 Å². The van der Waals surface area contributed by atoms with Crippen LogP contribution in [-0.4, -0.2) is 16.1 Å². The van der Waals surface area contributed by atoms with E-state index >= 15 is 0 Å². The number of pyridine rings is 1. The Kier molecular flexibility index (Phi) is 3.37. The normalized spacial score (nSPS) is 10.6. The quantitative estimate of drug-likeness (QED) is 0.844. The first kappa shape index (κ1) is 10.9. The molecule has 2 aromatic heterocycles. The lowest BCUT2D eigenvalue weighted by Gasteiger charge is -2.09. The molecular weight excluding hydrogens is 198 g/mol. The van der Waals surface area contributed by atoms with E-state index in [9.17, 15) is 0 Å². The highest BCUT2D eigenvalue weighted by molar-refractivity contribution is 5.19. The summed E-state index contributed by atoms with van der Waals surface area (Å²) in [5.41, 5.74) is 9.21. The lowest BCUT2D eigenvalue weighted by Crippen LogP contribution is -2.10. The van der Waals surface area contributed by atoms with Gasteiger partial charge in [-0.25, -0.2) is 0 Å². The zero-order valence-electron chi connectivity index (χ0n) is 9.56. The second-order valence-corrected chi connectivity index (χ2v) is 3.93. The Morgan fingerprint density at radius 3 is 2.94 bits per heavy atom. The van der Waals surface area contributed by atoms with E-state index in [1.54, 1.807) is 0 Å². The van der Waals surface area contributed by atoms with Gasteiger partial charge in [0.05, 0.1) is 12.2 Å². The molecule has 0 aliphatic heterocycles. The molecule has 0 amide bonds. The molecule has 2 rings (SSSR count). The third kappa shape index (κ3) is 2.31. The number of hydrogen-bond donors (Lipinski definition) is 1. The second-order valence-electron chi connectivity index (χ2n) is 3.93. The van der Waals surface area contributed by atoms with E-state index in [1.807, 2.05) is 12.3 Å². The summed E-state index contributed by atoms with van der Waals surface area (Å²) in [5, 5.41) is 0. The molecular formula is C13H17N3. The molecule has 0 aliphatic rings. The van der Waals surface area contributed by atoms with E-state index in [0.717, 1.165) is 18.7 Å². The molecule has 84 valence electrons. The maximum absolute atomic E-state index is 5.58. The molecule has 0 aromatic carbocycles. The Morgan fingerprint density at radius 1 is 1.31 bits per heavy atom. The van der Waals surface area contributed by atoms with E-state index in [1.165, 1.54) is 11.3 Å². The molecule has 0 spiro atoms. The average molecular weight is 215 g/mol. The molecule has 0 unspecified atom stereocenters. The van der Waals surface area contributed by atoms with Crippen molar-refractivity contribution in [1.82, 2.24) is 9.55 Å². The van der Waals surface area contributed by atoms with Crippen LogP contribution in [-0.2, 0) is 13.0 Å². The highest BCUT2D eigenvalue weighted by atomic mass is 15.0. The molecule has 0 bridgehead atoms. The number of hydrogen-bond acceptors (Lipinski definition) is 2. The largest absolute Gasteiger partial charge is 0.345 e. The first-order chi connectivity index (χ1) is 7.81. The van der Waals surface area contributed by atoms with E-state index in [4.69, 9.17) is 5.73 Å². The van der Waals surface area contributed by atoms with Crippen LogP contribution < -0.4 is 5.73 Å². The Hall–Kier alpha value is -1.61. The number of aromatic nitrogens is 2. The van der Waals surface area contributed by atoms with Crippen LogP contribution in [0.5, 0.6) is 0 Å². The van der Waals surface area contributed by atoms with E-state index in [2.05, 4.69) is 40.9 Å². The Bertz CT molecular complexity index is 460. The zero-order chi connectivity index (χ0) is 11.4. The van der Waals surface area contributed by atoms with Crippen molar-refractivity contribution < 1.29 is 0 Å². The average Bonchev–Trinajstić information content (AvgIpc) is 2.70. The van der Waals surface area contributed by atoms with E-state index < -0.39 is 0 Å². The first-order valence-corrected chi connectivity index (χ1v) is 5.56. The minimum Gasteiger partial charge on any atom is -0.345 e. The van der Waals surface area contributed by atoms with Crippen LogP contribution in [0, 0.1) is 6.92 Å².